The highest BCUT2D eigenvalue weighted by molar-refractivity contribution is 8.00. The van der Waals surface area contributed by atoms with E-state index < -0.39 is 0 Å². The molecule has 3 aromatic carbocycles. The molecule has 2 aliphatic heterocycles. The number of carbonyl (C=O) groups excluding carboxylic acids is 3. The Morgan fingerprint density at radius 2 is 1.73 bits per heavy atom. The Bertz CT molecular complexity index is 1530. The summed E-state index contributed by atoms with van der Waals surface area (Å²) >= 11 is 14.1. The van der Waals surface area contributed by atoms with E-state index in [2.05, 4.69) is 29.4 Å². The highest BCUT2D eigenvalue weighted by atomic mass is 35.5. The van der Waals surface area contributed by atoms with Gasteiger partial charge in [-0.15, -0.1) is 11.8 Å². The molecule has 2 saturated heterocycles. The second-order valence-corrected chi connectivity index (χ2v) is 12.2. The van der Waals surface area contributed by atoms with E-state index in [4.69, 9.17) is 23.2 Å². The Morgan fingerprint density at radius 1 is 1.00 bits per heavy atom. The van der Waals surface area contributed by atoms with Gasteiger partial charge in [0.05, 0.1) is 18.6 Å². The van der Waals surface area contributed by atoms with Crippen molar-refractivity contribution in [1.82, 2.24) is 20.1 Å². The lowest BCUT2D eigenvalue weighted by atomic mass is 10.00. The Balaban J connectivity index is 0.000000321. The summed E-state index contributed by atoms with van der Waals surface area (Å²) in [5, 5.41) is 5.18. The fourth-order valence-electron chi connectivity index (χ4n) is 5.33. The molecule has 0 bridgehead atoms. The van der Waals surface area contributed by atoms with E-state index in [9.17, 15) is 14.4 Å². The van der Waals surface area contributed by atoms with Crippen LogP contribution in [-0.2, 0) is 14.4 Å². The van der Waals surface area contributed by atoms with Gasteiger partial charge in [-0.1, -0.05) is 59.6 Å². The number of aromatic amines is 1. The summed E-state index contributed by atoms with van der Waals surface area (Å²) < 4.78 is 0. The number of thioether (sulfide) groups is 1. The van der Waals surface area contributed by atoms with Crippen LogP contribution in [-0.4, -0.2) is 57.9 Å². The number of aromatic nitrogens is 1. The molecule has 0 saturated carbocycles. The van der Waals surface area contributed by atoms with Crippen molar-refractivity contribution >= 4 is 64.1 Å². The zero-order valence-electron chi connectivity index (χ0n) is 22.4. The molecule has 3 heterocycles. The van der Waals surface area contributed by atoms with Gasteiger partial charge in [0.15, 0.2) is 0 Å². The molecule has 3 atom stereocenters. The molecule has 3 amide bonds. The fourth-order valence-corrected chi connectivity index (χ4v) is 6.92. The number of nitrogens with zero attached hydrogens (tertiary/aromatic N) is 2. The summed E-state index contributed by atoms with van der Waals surface area (Å²) in [6.07, 6.45) is 3.21. The summed E-state index contributed by atoms with van der Waals surface area (Å²) in [6, 6.07) is 23.8. The van der Waals surface area contributed by atoms with Crippen molar-refractivity contribution in [3.05, 3.63) is 100 Å². The first-order chi connectivity index (χ1) is 19.8. The van der Waals surface area contributed by atoms with Crippen LogP contribution in [0.2, 0.25) is 10.0 Å². The topological polar surface area (TPSA) is 85.5 Å². The molecule has 1 unspecified atom stereocenters. The first-order valence-corrected chi connectivity index (χ1v) is 15.0. The minimum atomic E-state index is -0.0802. The number of H-pyrrole nitrogens is 1. The third-order valence-corrected chi connectivity index (χ3v) is 9.09. The summed E-state index contributed by atoms with van der Waals surface area (Å²) in [7, 11) is 0. The standard InChI is InChI=1S/C26H22Cl2N2OS.C5H8N2O2/c1-16(17-7-9-18(27)10-8-17)30-25(31)14-24(32-20-5-3-2-4-6-20)26(30)22-15-29-23-13-19(28)11-12-21(22)23;8-4-7-2-1-6-5(9)3-7/h2-13,15-16,24,26,29H,14H2,1H3;4H,1-3H2,(H,6,9)/t16-,24?,26+;/m1./s1. The zero-order valence-corrected chi connectivity index (χ0v) is 24.8. The molecule has 6 rings (SSSR count). The number of hydrogen-bond donors (Lipinski definition) is 2. The van der Waals surface area contributed by atoms with Crippen LogP contribution < -0.4 is 5.32 Å². The van der Waals surface area contributed by atoms with Crippen LogP contribution in [0, 0.1) is 0 Å². The average Bonchev–Trinajstić information content (AvgIpc) is 3.53. The van der Waals surface area contributed by atoms with Crippen LogP contribution in [0.4, 0.5) is 0 Å². The number of halogens is 2. The van der Waals surface area contributed by atoms with Crippen LogP contribution in [0.15, 0.2) is 83.9 Å². The van der Waals surface area contributed by atoms with Crippen molar-refractivity contribution < 1.29 is 14.4 Å². The quantitative estimate of drug-likeness (QED) is 0.254. The van der Waals surface area contributed by atoms with Crippen molar-refractivity contribution in [2.75, 3.05) is 19.6 Å². The van der Waals surface area contributed by atoms with Crippen molar-refractivity contribution in [3.8, 4) is 0 Å². The second-order valence-electron chi connectivity index (χ2n) is 10.0. The number of likely N-dealkylation sites (tertiary alicyclic amines) is 1. The molecule has 0 aliphatic carbocycles. The Labute approximate surface area is 253 Å². The number of hydrogen-bond acceptors (Lipinski definition) is 4. The van der Waals surface area contributed by atoms with Crippen LogP contribution in [0.5, 0.6) is 0 Å². The third-order valence-electron chi connectivity index (χ3n) is 7.33. The van der Waals surface area contributed by atoms with E-state index >= 15 is 0 Å². The van der Waals surface area contributed by atoms with Crippen molar-refractivity contribution in [2.24, 2.45) is 0 Å². The third kappa shape index (κ3) is 6.72. The normalized spacial score (nSPS) is 19.5. The van der Waals surface area contributed by atoms with E-state index in [1.54, 1.807) is 11.8 Å². The molecule has 2 N–H and O–H groups in total. The molecule has 1 aromatic heterocycles. The number of carbonyl (C=O) groups is 3. The van der Waals surface area contributed by atoms with Gasteiger partial charge in [0, 0.05) is 62.4 Å². The van der Waals surface area contributed by atoms with E-state index in [1.807, 2.05) is 71.8 Å². The molecular formula is C31H30Cl2N4O3S. The number of amides is 3. The number of piperazine rings is 1. The van der Waals surface area contributed by atoms with Crippen LogP contribution in [0.25, 0.3) is 10.9 Å². The predicted octanol–water partition coefficient (Wildman–Crippen LogP) is 6.24. The zero-order chi connectivity index (χ0) is 28.9. The molecule has 0 spiro atoms. The SMILES string of the molecule is C[C@H](c1ccc(Cl)cc1)N1C(=O)CC(Sc2ccccc2)[C@@H]1c1c[nH]c2cc(Cl)ccc12.O=CN1CCNC(=O)C1. The molecule has 212 valence electrons. The average molecular weight is 610 g/mol. The number of fused-ring (bicyclic) bond motifs is 1. The number of benzene rings is 3. The maximum atomic E-state index is 13.4. The monoisotopic (exact) mass is 608 g/mol. The second kappa shape index (κ2) is 13.0. The van der Waals surface area contributed by atoms with Crippen LogP contribution >= 0.6 is 35.0 Å². The molecule has 10 heteroatoms. The molecular weight excluding hydrogens is 579 g/mol. The summed E-state index contributed by atoms with van der Waals surface area (Å²) in [5.74, 6) is 0.0857. The van der Waals surface area contributed by atoms with Gasteiger partial charge in [0.2, 0.25) is 18.2 Å². The lowest BCUT2D eigenvalue weighted by Gasteiger charge is -2.33. The van der Waals surface area contributed by atoms with Gasteiger partial charge < -0.3 is 20.1 Å². The molecule has 2 fully saturated rings. The maximum absolute atomic E-state index is 13.4. The van der Waals surface area contributed by atoms with Crippen molar-refractivity contribution in [3.63, 3.8) is 0 Å². The van der Waals surface area contributed by atoms with E-state index in [-0.39, 0.29) is 35.7 Å². The predicted molar refractivity (Wildman–Crippen MR) is 164 cm³/mol. The molecule has 2 aliphatic rings. The first kappa shape index (κ1) is 29.0. The first-order valence-electron chi connectivity index (χ1n) is 13.3. The molecule has 0 radical (unpaired) electrons. The van der Waals surface area contributed by atoms with Crippen LogP contribution in [0.1, 0.15) is 36.6 Å². The summed E-state index contributed by atoms with van der Waals surface area (Å²) in [4.78, 5) is 42.0. The van der Waals surface area contributed by atoms with E-state index in [0.29, 0.717) is 36.0 Å². The van der Waals surface area contributed by atoms with Gasteiger partial charge in [-0.25, -0.2) is 0 Å². The van der Waals surface area contributed by atoms with Gasteiger partial charge in [0.25, 0.3) is 0 Å². The van der Waals surface area contributed by atoms with Gasteiger partial charge >= 0.3 is 0 Å². The summed E-state index contributed by atoms with van der Waals surface area (Å²) in [6.45, 7) is 3.52. The highest BCUT2D eigenvalue weighted by Crippen LogP contribution is 2.48. The number of rotatable bonds is 6. The molecule has 41 heavy (non-hydrogen) atoms. The van der Waals surface area contributed by atoms with Crippen molar-refractivity contribution in [2.45, 2.75) is 35.6 Å². The van der Waals surface area contributed by atoms with Crippen molar-refractivity contribution in [1.29, 1.82) is 0 Å². The minimum Gasteiger partial charge on any atom is -0.361 e. The summed E-state index contributed by atoms with van der Waals surface area (Å²) in [5.41, 5.74) is 3.17. The van der Waals surface area contributed by atoms with Gasteiger partial charge in [0.1, 0.15) is 0 Å². The number of nitrogens with one attached hydrogen (secondary N) is 2. The lowest BCUT2D eigenvalue weighted by Crippen LogP contribution is -2.46. The molecule has 4 aromatic rings. The lowest BCUT2D eigenvalue weighted by molar-refractivity contribution is -0.131. The minimum absolute atomic E-state index is 0.0756. The highest BCUT2D eigenvalue weighted by Gasteiger charge is 2.44. The van der Waals surface area contributed by atoms with E-state index in [0.717, 1.165) is 22.0 Å². The van der Waals surface area contributed by atoms with Gasteiger partial charge in [-0.2, -0.15) is 0 Å². The largest absolute Gasteiger partial charge is 0.361 e. The van der Waals surface area contributed by atoms with E-state index in [1.165, 1.54) is 9.80 Å². The molecule has 7 nitrogen and oxygen atoms in total. The smallest absolute Gasteiger partial charge is 0.239 e. The van der Waals surface area contributed by atoms with Gasteiger partial charge in [-0.05, 0) is 48.9 Å². The maximum Gasteiger partial charge on any atom is 0.239 e. The Morgan fingerprint density at radius 3 is 2.41 bits per heavy atom. The Hall–Kier alpha value is -3.46. The van der Waals surface area contributed by atoms with Gasteiger partial charge in [-0.3, -0.25) is 14.4 Å². The van der Waals surface area contributed by atoms with Crippen LogP contribution in [0.3, 0.4) is 0 Å². The fraction of sp³-hybridized carbons (Fsp3) is 0.258. The Kier molecular flexibility index (Phi) is 9.22.